The lowest BCUT2D eigenvalue weighted by atomic mass is 10.1. The monoisotopic (exact) mass is 480 g/mol. The molecule has 0 N–H and O–H groups in total. The van der Waals surface area contributed by atoms with Crippen LogP contribution in [0.2, 0.25) is 5.02 Å². The Hall–Kier alpha value is -2.23. The van der Waals surface area contributed by atoms with Crippen LogP contribution in [0, 0.1) is 0 Å². The Kier molecular flexibility index (Phi) is 6.18. The van der Waals surface area contributed by atoms with E-state index >= 15 is 0 Å². The highest BCUT2D eigenvalue weighted by Crippen LogP contribution is 2.45. The fourth-order valence-electron chi connectivity index (χ4n) is 3.75. The minimum Gasteiger partial charge on any atom is -0.497 e. The van der Waals surface area contributed by atoms with E-state index in [4.69, 9.17) is 21.1 Å². The fraction of sp³-hybridized carbons (Fsp3) is 0.333. The summed E-state index contributed by atoms with van der Waals surface area (Å²) in [5.74, 6) is 0.867. The number of halogens is 1. The quantitative estimate of drug-likeness (QED) is 0.649. The topological polar surface area (TPSA) is 85.3 Å². The molecule has 0 radical (unpaired) electrons. The summed E-state index contributed by atoms with van der Waals surface area (Å²) in [6, 6.07) is 12.0. The second kappa shape index (κ2) is 8.72. The lowest BCUT2D eigenvalue weighted by Crippen LogP contribution is -2.38. The number of fused-ring (bicyclic) bond motifs is 1. The average Bonchev–Trinajstić information content (AvgIpc) is 3.19. The number of amides is 1. The molecule has 0 unspecified atom stereocenters. The summed E-state index contributed by atoms with van der Waals surface area (Å²) in [4.78, 5) is 18.9. The number of carbonyl (C=O) groups excluding carboxylic acids is 1. The first kappa shape index (κ1) is 22.0. The highest BCUT2D eigenvalue weighted by Gasteiger charge is 2.50. The minimum absolute atomic E-state index is 0.00454. The van der Waals surface area contributed by atoms with Gasteiger partial charge in [0.1, 0.15) is 11.5 Å². The standard InChI is InChI=1S/C21H21ClN2O5S2/c1-28-15-7-8-18(29-2)16(10-15)24-17-11-31(26,27)12-19(17)30-21(24)23-20(25)9-13-3-5-14(22)6-4-13/h3-8,10,17,19H,9,11-12H2,1-2H3/t17-,19+/m1/s1. The molecule has 0 aromatic heterocycles. The summed E-state index contributed by atoms with van der Waals surface area (Å²) < 4.78 is 35.4. The molecule has 10 heteroatoms. The number of hydrogen-bond donors (Lipinski definition) is 0. The van der Waals surface area contributed by atoms with Gasteiger partial charge in [-0.2, -0.15) is 4.99 Å². The molecule has 2 aliphatic rings. The van der Waals surface area contributed by atoms with E-state index in [1.165, 1.54) is 11.8 Å². The number of thioether (sulfide) groups is 1. The van der Waals surface area contributed by atoms with Gasteiger partial charge < -0.3 is 14.4 Å². The number of rotatable bonds is 5. The van der Waals surface area contributed by atoms with E-state index in [2.05, 4.69) is 4.99 Å². The molecule has 31 heavy (non-hydrogen) atoms. The van der Waals surface area contributed by atoms with Crippen molar-refractivity contribution in [1.29, 1.82) is 0 Å². The SMILES string of the molecule is COc1ccc(OC)c(N2C(=NC(=O)Cc3ccc(Cl)cc3)S[C@H]3CS(=O)(=O)C[C@H]32)c1. The van der Waals surface area contributed by atoms with Gasteiger partial charge in [0.05, 0.1) is 43.9 Å². The molecule has 2 aromatic carbocycles. The van der Waals surface area contributed by atoms with Gasteiger partial charge in [0.25, 0.3) is 5.91 Å². The van der Waals surface area contributed by atoms with Gasteiger partial charge in [0.2, 0.25) is 0 Å². The van der Waals surface area contributed by atoms with Crippen molar-refractivity contribution in [3.05, 3.63) is 53.1 Å². The molecular formula is C21H21ClN2O5S2. The largest absolute Gasteiger partial charge is 0.497 e. The first-order valence-electron chi connectivity index (χ1n) is 9.54. The number of carbonyl (C=O) groups is 1. The van der Waals surface area contributed by atoms with Crippen LogP contribution >= 0.6 is 23.4 Å². The second-order valence-electron chi connectivity index (χ2n) is 7.30. The maximum absolute atomic E-state index is 12.7. The maximum atomic E-state index is 12.7. The van der Waals surface area contributed by atoms with Gasteiger partial charge in [0.15, 0.2) is 15.0 Å². The van der Waals surface area contributed by atoms with Crippen molar-refractivity contribution in [3.8, 4) is 11.5 Å². The van der Waals surface area contributed by atoms with E-state index in [1.807, 2.05) is 0 Å². The van der Waals surface area contributed by atoms with E-state index < -0.39 is 9.84 Å². The zero-order valence-corrected chi connectivity index (χ0v) is 19.3. The Bertz CT molecular complexity index is 1130. The van der Waals surface area contributed by atoms with Crippen molar-refractivity contribution in [2.45, 2.75) is 17.7 Å². The molecule has 2 atom stereocenters. The van der Waals surface area contributed by atoms with Crippen molar-refractivity contribution in [2.24, 2.45) is 4.99 Å². The lowest BCUT2D eigenvalue weighted by Gasteiger charge is -2.26. The first-order valence-corrected chi connectivity index (χ1v) is 12.6. The van der Waals surface area contributed by atoms with E-state index in [9.17, 15) is 13.2 Å². The summed E-state index contributed by atoms with van der Waals surface area (Å²) in [5, 5.41) is 0.859. The van der Waals surface area contributed by atoms with Crippen LogP contribution in [0.1, 0.15) is 5.56 Å². The van der Waals surface area contributed by atoms with Crippen LogP contribution in [0.25, 0.3) is 0 Å². The van der Waals surface area contributed by atoms with Gasteiger partial charge in [-0.15, -0.1) is 0 Å². The molecular weight excluding hydrogens is 460 g/mol. The molecule has 0 saturated carbocycles. The number of amidine groups is 1. The number of benzene rings is 2. The third-order valence-corrected chi connectivity index (χ3v) is 8.66. The molecule has 2 fully saturated rings. The Morgan fingerprint density at radius 2 is 1.90 bits per heavy atom. The number of nitrogens with zero attached hydrogens (tertiary/aromatic N) is 2. The highest BCUT2D eigenvalue weighted by atomic mass is 35.5. The number of anilines is 1. The number of ether oxygens (including phenoxy) is 2. The molecule has 0 spiro atoms. The minimum atomic E-state index is -3.17. The normalized spacial score (nSPS) is 23.1. The van der Waals surface area contributed by atoms with Crippen LogP contribution in [0.5, 0.6) is 11.5 Å². The number of sulfone groups is 1. The Morgan fingerprint density at radius 3 is 2.58 bits per heavy atom. The zero-order valence-electron chi connectivity index (χ0n) is 16.9. The van der Waals surface area contributed by atoms with Gasteiger partial charge >= 0.3 is 0 Å². The fourth-order valence-corrected chi connectivity index (χ4v) is 7.80. The van der Waals surface area contributed by atoms with Gasteiger partial charge in [-0.25, -0.2) is 8.42 Å². The maximum Gasteiger partial charge on any atom is 0.252 e. The van der Waals surface area contributed by atoms with Crippen LogP contribution < -0.4 is 14.4 Å². The second-order valence-corrected chi connectivity index (χ2v) is 11.1. The molecule has 2 heterocycles. The van der Waals surface area contributed by atoms with Crippen molar-refractivity contribution >= 4 is 50.0 Å². The summed E-state index contributed by atoms with van der Waals surface area (Å²) in [6.45, 7) is 0. The van der Waals surface area contributed by atoms with Gasteiger partial charge in [-0.3, -0.25) is 4.79 Å². The number of aliphatic imine (C=N–C) groups is 1. The summed E-state index contributed by atoms with van der Waals surface area (Å²) in [6.07, 6.45) is 0.123. The summed E-state index contributed by atoms with van der Waals surface area (Å²) >= 11 is 7.23. The molecule has 2 aliphatic heterocycles. The first-order chi connectivity index (χ1) is 14.8. The summed E-state index contributed by atoms with van der Waals surface area (Å²) in [5.41, 5.74) is 1.42. The number of hydrogen-bond acceptors (Lipinski definition) is 6. The average molecular weight is 481 g/mol. The van der Waals surface area contributed by atoms with Crippen LogP contribution in [0.15, 0.2) is 47.5 Å². The molecule has 0 bridgehead atoms. The van der Waals surface area contributed by atoms with E-state index in [1.54, 1.807) is 61.6 Å². The van der Waals surface area contributed by atoms with Gasteiger partial charge in [-0.1, -0.05) is 35.5 Å². The third kappa shape index (κ3) is 4.68. The molecule has 164 valence electrons. The van der Waals surface area contributed by atoms with Crippen LogP contribution in [0.3, 0.4) is 0 Å². The van der Waals surface area contributed by atoms with E-state index in [-0.39, 0.29) is 35.1 Å². The molecule has 2 aromatic rings. The molecule has 1 amide bonds. The third-order valence-electron chi connectivity index (χ3n) is 5.20. The van der Waals surface area contributed by atoms with Crippen molar-refractivity contribution in [1.82, 2.24) is 0 Å². The predicted octanol–water partition coefficient (Wildman–Crippen LogP) is 3.20. The highest BCUT2D eigenvalue weighted by molar-refractivity contribution is 8.16. The smallest absolute Gasteiger partial charge is 0.252 e. The Balaban J connectivity index is 1.70. The van der Waals surface area contributed by atoms with Crippen molar-refractivity contribution in [3.63, 3.8) is 0 Å². The van der Waals surface area contributed by atoms with Crippen LogP contribution in [-0.4, -0.2) is 56.5 Å². The van der Waals surface area contributed by atoms with Crippen LogP contribution in [-0.2, 0) is 21.1 Å². The molecule has 0 aliphatic carbocycles. The van der Waals surface area contributed by atoms with E-state index in [0.29, 0.717) is 27.4 Å². The Morgan fingerprint density at radius 1 is 1.16 bits per heavy atom. The Labute approximate surface area is 190 Å². The predicted molar refractivity (Wildman–Crippen MR) is 123 cm³/mol. The van der Waals surface area contributed by atoms with Crippen molar-refractivity contribution < 1.29 is 22.7 Å². The van der Waals surface area contributed by atoms with Crippen LogP contribution in [0.4, 0.5) is 5.69 Å². The van der Waals surface area contributed by atoms with Gasteiger partial charge in [-0.05, 0) is 29.8 Å². The van der Waals surface area contributed by atoms with Crippen molar-refractivity contribution in [2.75, 3.05) is 30.6 Å². The summed E-state index contributed by atoms with van der Waals surface area (Å²) in [7, 11) is -0.0783. The lowest BCUT2D eigenvalue weighted by molar-refractivity contribution is -0.117. The van der Waals surface area contributed by atoms with Gasteiger partial charge in [0, 0.05) is 16.3 Å². The zero-order chi connectivity index (χ0) is 22.2. The molecule has 2 saturated heterocycles. The molecule has 4 rings (SSSR count). The van der Waals surface area contributed by atoms with E-state index in [0.717, 1.165) is 5.56 Å². The molecule has 7 nitrogen and oxygen atoms in total. The number of methoxy groups -OCH3 is 2.